The number of imide groups is 1. The van der Waals surface area contributed by atoms with Crippen LogP contribution in [0.15, 0.2) is 4.99 Å². The van der Waals surface area contributed by atoms with Crippen molar-refractivity contribution < 1.29 is 14.7 Å². The minimum atomic E-state index is -0.473. The number of hydrogen-bond donors (Lipinski definition) is 2. The van der Waals surface area contributed by atoms with Crippen LogP contribution in [0.5, 0.6) is 0 Å². The number of aliphatic imine (C=N–C) groups is 1. The van der Waals surface area contributed by atoms with E-state index < -0.39 is 12.2 Å². The summed E-state index contributed by atoms with van der Waals surface area (Å²) in [5.41, 5.74) is 0. The van der Waals surface area contributed by atoms with Crippen molar-refractivity contribution in [3.05, 3.63) is 0 Å². The summed E-state index contributed by atoms with van der Waals surface area (Å²) in [7, 11) is 0. The van der Waals surface area contributed by atoms with E-state index in [0.717, 1.165) is 44.4 Å². The lowest BCUT2D eigenvalue weighted by Gasteiger charge is -2.45. The number of aliphatic hydroxyl groups is 1. The highest BCUT2D eigenvalue weighted by Crippen LogP contribution is 2.46. The standard InChI is InChI=1S/C20H32N4O3/c1-3-5-9-24-19(26)16-18(23(8-4-2)20(24)27)22-17(21-16)14-10-12-6-7-13(14)15(25)11-12/h12-16,18,25H,3-11H2,1-2H3,(H,21,22). The number of carbonyl (C=O) groups excluding carboxylic acids is 2. The first-order valence-corrected chi connectivity index (χ1v) is 10.7. The number of aliphatic hydroxyl groups excluding tert-OH is 1. The van der Waals surface area contributed by atoms with E-state index in [1.54, 1.807) is 4.90 Å². The first kappa shape index (κ1) is 18.7. The average Bonchev–Trinajstić information content (AvgIpc) is 3.11. The molecule has 2 heterocycles. The molecule has 2 bridgehead atoms. The minimum absolute atomic E-state index is 0.147. The zero-order valence-electron chi connectivity index (χ0n) is 16.4. The van der Waals surface area contributed by atoms with Crippen molar-refractivity contribution in [2.75, 3.05) is 13.1 Å². The highest BCUT2D eigenvalue weighted by Gasteiger charge is 2.52. The number of nitrogens with one attached hydrogen (secondary N) is 1. The third-order valence-electron chi connectivity index (χ3n) is 6.83. The van der Waals surface area contributed by atoms with Crippen molar-refractivity contribution in [2.45, 2.75) is 77.1 Å². The second kappa shape index (κ2) is 7.41. The van der Waals surface area contributed by atoms with Crippen molar-refractivity contribution in [3.8, 4) is 0 Å². The zero-order valence-corrected chi connectivity index (χ0v) is 16.4. The fourth-order valence-corrected chi connectivity index (χ4v) is 5.44. The first-order valence-electron chi connectivity index (χ1n) is 10.7. The molecule has 5 rings (SSSR count). The van der Waals surface area contributed by atoms with E-state index in [9.17, 15) is 14.7 Å². The van der Waals surface area contributed by atoms with E-state index in [-0.39, 0.29) is 29.9 Å². The maximum Gasteiger partial charge on any atom is 0.328 e. The quantitative estimate of drug-likeness (QED) is 0.742. The molecule has 0 aromatic carbocycles. The van der Waals surface area contributed by atoms with Crippen molar-refractivity contribution in [2.24, 2.45) is 22.7 Å². The van der Waals surface area contributed by atoms with Gasteiger partial charge in [-0.1, -0.05) is 20.3 Å². The van der Waals surface area contributed by atoms with Gasteiger partial charge in [0.25, 0.3) is 5.91 Å². The fourth-order valence-electron chi connectivity index (χ4n) is 5.44. The number of hydrogen-bond acceptors (Lipinski definition) is 5. The second-order valence-electron chi connectivity index (χ2n) is 8.62. The predicted molar refractivity (Wildman–Crippen MR) is 102 cm³/mol. The van der Waals surface area contributed by atoms with Crippen molar-refractivity contribution in [1.82, 2.24) is 15.1 Å². The fraction of sp³-hybridized carbons (Fsp3) is 0.850. The maximum atomic E-state index is 13.0. The smallest absolute Gasteiger partial charge is 0.328 e. The van der Waals surface area contributed by atoms with Crippen LogP contribution >= 0.6 is 0 Å². The van der Waals surface area contributed by atoms with Crippen molar-refractivity contribution in [1.29, 1.82) is 0 Å². The van der Waals surface area contributed by atoms with E-state index in [1.807, 2.05) is 6.92 Å². The summed E-state index contributed by atoms with van der Waals surface area (Å²) in [5.74, 6) is 1.66. The Bertz CT molecular complexity index is 637. The molecule has 27 heavy (non-hydrogen) atoms. The van der Waals surface area contributed by atoms with Gasteiger partial charge in [-0.2, -0.15) is 0 Å². The summed E-state index contributed by atoms with van der Waals surface area (Å²) in [5, 5.41) is 13.8. The monoisotopic (exact) mass is 376 g/mol. The molecular formula is C20H32N4O3. The summed E-state index contributed by atoms with van der Waals surface area (Å²) in [6.45, 7) is 5.18. The number of nitrogens with zero attached hydrogens (tertiary/aromatic N) is 3. The maximum absolute atomic E-state index is 13.0. The number of amidine groups is 1. The Morgan fingerprint density at radius 1 is 1.15 bits per heavy atom. The Balaban J connectivity index is 1.58. The molecular weight excluding hydrogens is 344 g/mol. The summed E-state index contributed by atoms with van der Waals surface area (Å²) >= 11 is 0. The van der Waals surface area contributed by atoms with Crippen LogP contribution in [0.25, 0.3) is 0 Å². The molecule has 3 aliphatic carbocycles. The third-order valence-corrected chi connectivity index (χ3v) is 6.83. The Kier molecular flexibility index (Phi) is 5.14. The molecule has 4 fully saturated rings. The molecule has 3 amide bonds. The number of unbranched alkanes of at least 4 members (excludes halogenated alkanes) is 1. The largest absolute Gasteiger partial charge is 0.393 e. The summed E-state index contributed by atoms with van der Waals surface area (Å²) in [4.78, 5) is 34.0. The van der Waals surface area contributed by atoms with Crippen LogP contribution in [0.4, 0.5) is 4.79 Å². The summed E-state index contributed by atoms with van der Waals surface area (Å²) < 4.78 is 0. The molecule has 1 saturated heterocycles. The normalized spacial score (nSPS) is 38.1. The van der Waals surface area contributed by atoms with Gasteiger partial charge in [-0.3, -0.25) is 14.6 Å². The van der Waals surface area contributed by atoms with E-state index in [2.05, 4.69) is 12.2 Å². The topological polar surface area (TPSA) is 85.2 Å². The van der Waals surface area contributed by atoms with Crippen LogP contribution in [0.1, 0.15) is 58.8 Å². The average molecular weight is 377 g/mol. The number of rotatable bonds is 6. The minimum Gasteiger partial charge on any atom is -0.393 e. The van der Waals surface area contributed by atoms with E-state index >= 15 is 0 Å². The van der Waals surface area contributed by atoms with E-state index in [0.29, 0.717) is 19.0 Å². The molecule has 6 atom stereocenters. The van der Waals surface area contributed by atoms with E-state index in [1.165, 1.54) is 11.3 Å². The Labute approximate surface area is 161 Å². The van der Waals surface area contributed by atoms with Gasteiger partial charge in [0.05, 0.1) is 6.10 Å². The molecule has 2 aliphatic heterocycles. The van der Waals surface area contributed by atoms with Gasteiger partial charge in [0.1, 0.15) is 11.9 Å². The Hall–Kier alpha value is -1.63. The molecule has 2 N–H and O–H groups in total. The van der Waals surface area contributed by atoms with E-state index in [4.69, 9.17) is 4.99 Å². The highest BCUT2D eigenvalue weighted by molar-refractivity contribution is 6.04. The molecule has 0 radical (unpaired) electrons. The molecule has 0 aromatic heterocycles. The SMILES string of the molecule is CCCCN1C(=O)C2NC(C3CC4CCC3C(O)C4)=NC2N(CCC)C1=O. The number of urea groups is 1. The Morgan fingerprint density at radius 2 is 1.96 bits per heavy atom. The highest BCUT2D eigenvalue weighted by atomic mass is 16.3. The van der Waals surface area contributed by atoms with Gasteiger partial charge in [-0.25, -0.2) is 9.79 Å². The lowest BCUT2D eigenvalue weighted by atomic mass is 9.63. The van der Waals surface area contributed by atoms with Crippen molar-refractivity contribution >= 4 is 17.8 Å². The van der Waals surface area contributed by atoms with Crippen LogP contribution in [0, 0.1) is 17.8 Å². The second-order valence-corrected chi connectivity index (χ2v) is 8.62. The van der Waals surface area contributed by atoms with Crippen molar-refractivity contribution in [3.63, 3.8) is 0 Å². The van der Waals surface area contributed by atoms with Gasteiger partial charge in [-0.05, 0) is 50.4 Å². The number of carbonyl (C=O) groups is 2. The lowest BCUT2D eigenvalue weighted by Crippen LogP contribution is -2.65. The van der Waals surface area contributed by atoms with Crippen LogP contribution in [-0.4, -0.2) is 64.1 Å². The number of fused-ring (bicyclic) bond motifs is 4. The molecule has 7 nitrogen and oxygen atoms in total. The van der Waals surface area contributed by atoms with Gasteiger partial charge in [-0.15, -0.1) is 0 Å². The summed E-state index contributed by atoms with van der Waals surface area (Å²) in [6, 6.07) is -0.674. The van der Waals surface area contributed by atoms with Gasteiger partial charge < -0.3 is 10.4 Å². The molecule has 0 aromatic rings. The first-order chi connectivity index (χ1) is 13.0. The molecule has 0 spiro atoms. The Morgan fingerprint density at radius 3 is 2.63 bits per heavy atom. The lowest BCUT2D eigenvalue weighted by molar-refractivity contribution is -0.134. The van der Waals surface area contributed by atoms with Crippen LogP contribution in [-0.2, 0) is 4.79 Å². The zero-order chi connectivity index (χ0) is 19.1. The van der Waals surface area contributed by atoms with Crippen LogP contribution in [0.2, 0.25) is 0 Å². The molecule has 5 aliphatic rings. The molecule has 3 saturated carbocycles. The van der Waals surface area contributed by atoms with Gasteiger partial charge in [0, 0.05) is 19.0 Å². The molecule has 6 unspecified atom stereocenters. The van der Waals surface area contributed by atoms with Gasteiger partial charge >= 0.3 is 6.03 Å². The molecule has 7 heteroatoms. The van der Waals surface area contributed by atoms with Crippen LogP contribution < -0.4 is 5.32 Å². The van der Waals surface area contributed by atoms with Gasteiger partial charge in [0.2, 0.25) is 0 Å². The summed E-state index contributed by atoms with van der Waals surface area (Å²) in [6.07, 6.45) is 6.04. The van der Waals surface area contributed by atoms with Crippen LogP contribution in [0.3, 0.4) is 0 Å². The third kappa shape index (κ3) is 3.13. The van der Waals surface area contributed by atoms with Gasteiger partial charge in [0.15, 0.2) is 6.17 Å². The predicted octanol–water partition coefficient (Wildman–Crippen LogP) is 1.95. The molecule has 150 valence electrons. The number of amides is 3.